The van der Waals surface area contributed by atoms with Gasteiger partial charge in [-0.1, -0.05) is 30.3 Å². The van der Waals surface area contributed by atoms with Crippen LogP contribution in [0.25, 0.3) is 10.9 Å². The number of alkyl halides is 3. The van der Waals surface area contributed by atoms with Crippen LogP contribution in [0.3, 0.4) is 0 Å². The Morgan fingerprint density at radius 3 is 2.53 bits per heavy atom. The maximum Gasteiger partial charge on any atom is 0.416 e. The Labute approximate surface area is 171 Å². The third-order valence-corrected chi connectivity index (χ3v) is 4.79. The molecular weight excluding hydrogens is 391 g/mol. The summed E-state index contributed by atoms with van der Waals surface area (Å²) in [5.41, 5.74) is 2.19. The van der Waals surface area contributed by atoms with Crippen LogP contribution in [0.2, 0.25) is 0 Å². The SMILES string of the molecule is O=C(Cc1cn(Cc2cccc(C(F)(F)F)c2)c2ccccc12)Nc1ccncc1. The monoisotopic (exact) mass is 409 g/mol. The highest BCUT2D eigenvalue weighted by Gasteiger charge is 2.30. The van der Waals surface area contributed by atoms with Gasteiger partial charge in [-0.25, -0.2) is 0 Å². The van der Waals surface area contributed by atoms with E-state index in [1.165, 1.54) is 6.07 Å². The quantitative estimate of drug-likeness (QED) is 0.487. The van der Waals surface area contributed by atoms with E-state index in [9.17, 15) is 18.0 Å². The lowest BCUT2D eigenvalue weighted by atomic mass is 10.1. The second kappa shape index (κ2) is 8.02. The highest BCUT2D eigenvalue weighted by molar-refractivity contribution is 5.95. The molecule has 0 saturated heterocycles. The molecule has 0 unspecified atom stereocenters. The zero-order valence-electron chi connectivity index (χ0n) is 15.9. The Bertz CT molecular complexity index is 1180. The molecule has 0 saturated carbocycles. The molecule has 1 amide bonds. The number of rotatable bonds is 5. The van der Waals surface area contributed by atoms with E-state index >= 15 is 0 Å². The van der Waals surface area contributed by atoms with E-state index in [1.54, 1.807) is 30.6 Å². The van der Waals surface area contributed by atoms with Crippen LogP contribution >= 0.6 is 0 Å². The summed E-state index contributed by atoms with van der Waals surface area (Å²) in [4.78, 5) is 16.4. The van der Waals surface area contributed by atoms with Crippen molar-refractivity contribution < 1.29 is 18.0 Å². The largest absolute Gasteiger partial charge is 0.416 e. The number of hydrogen-bond donors (Lipinski definition) is 1. The van der Waals surface area contributed by atoms with Crippen molar-refractivity contribution in [1.82, 2.24) is 9.55 Å². The van der Waals surface area contributed by atoms with Gasteiger partial charge in [0.1, 0.15) is 0 Å². The van der Waals surface area contributed by atoms with Crippen molar-refractivity contribution in [3.8, 4) is 0 Å². The van der Waals surface area contributed by atoms with Crippen molar-refractivity contribution in [1.29, 1.82) is 0 Å². The highest BCUT2D eigenvalue weighted by atomic mass is 19.4. The Hall–Kier alpha value is -3.61. The van der Waals surface area contributed by atoms with Gasteiger partial charge in [0, 0.05) is 41.7 Å². The van der Waals surface area contributed by atoms with Crippen LogP contribution in [0.15, 0.2) is 79.3 Å². The van der Waals surface area contributed by atoms with Crippen LogP contribution in [0.4, 0.5) is 18.9 Å². The van der Waals surface area contributed by atoms with Gasteiger partial charge in [-0.15, -0.1) is 0 Å². The molecule has 30 heavy (non-hydrogen) atoms. The molecule has 0 radical (unpaired) electrons. The number of carbonyl (C=O) groups excluding carboxylic acids is 1. The first-order valence-corrected chi connectivity index (χ1v) is 9.33. The lowest BCUT2D eigenvalue weighted by molar-refractivity contribution is -0.137. The van der Waals surface area contributed by atoms with Gasteiger partial charge >= 0.3 is 6.18 Å². The minimum Gasteiger partial charge on any atom is -0.343 e. The molecule has 2 heterocycles. The predicted octanol–water partition coefficient (Wildman–Crippen LogP) is 5.28. The van der Waals surface area contributed by atoms with E-state index in [-0.39, 0.29) is 18.9 Å². The Morgan fingerprint density at radius 2 is 1.77 bits per heavy atom. The summed E-state index contributed by atoms with van der Waals surface area (Å²) in [5.74, 6) is -0.178. The Balaban J connectivity index is 1.60. The summed E-state index contributed by atoms with van der Waals surface area (Å²) < 4.78 is 41.0. The molecule has 0 aliphatic carbocycles. The molecule has 0 atom stereocenters. The first-order valence-electron chi connectivity index (χ1n) is 9.33. The number of aromatic nitrogens is 2. The summed E-state index contributed by atoms with van der Waals surface area (Å²) >= 11 is 0. The molecule has 0 spiro atoms. The molecule has 0 fully saturated rings. The van der Waals surface area contributed by atoms with Gasteiger partial charge in [0.2, 0.25) is 5.91 Å². The maximum atomic E-state index is 13.0. The van der Waals surface area contributed by atoms with Gasteiger partial charge in [0.05, 0.1) is 12.0 Å². The minimum atomic E-state index is -4.38. The van der Waals surface area contributed by atoms with Crippen LogP contribution in [-0.2, 0) is 23.9 Å². The standard InChI is InChI=1S/C23H18F3N3O/c24-23(25,26)18-5-3-4-16(12-18)14-29-15-17(20-6-1-2-7-21(20)29)13-22(30)28-19-8-10-27-11-9-19/h1-12,15H,13-14H2,(H,27,28,30). The number of amides is 1. The number of pyridine rings is 1. The Kier molecular flexibility index (Phi) is 5.27. The summed E-state index contributed by atoms with van der Waals surface area (Å²) in [6, 6.07) is 16.3. The van der Waals surface area contributed by atoms with E-state index in [2.05, 4.69) is 10.3 Å². The predicted molar refractivity (Wildman–Crippen MR) is 109 cm³/mol. The van der Waals surface area contributed by atoms with Gasteiger partial charge in [0.25, 0.3) is 0 Å². The third kappa shape index (κ3) is 4.35. The molecule has 7 heteroatoms. The molecule has 4 aromatic rings. The molecule has 0 aliphatic heterocycles. The highest BCUT2D eigenvalue weighted by Crippen LogP contribution is 2.30. The summed E-state index contributed by atoms with van der Waals surface area (Å²) in [6.45, 7) is 0.274. The van der Waals surface area contributed by atoms with Gasteiger partial charge in [-0.2, -0.15) is 13.2 Å². The van der Waals surface area contributed by atoms with Crippen LogP contribution < -0.4 is 5.32 Å². The van der Waals surface area contributed by atoms with Crippen molar-refractivity contribution in [3.63, 3.8) is 0 Å². The first kappa shape index (κ1) is 19.7. The number of nitrogens with zero attached hydrogens (tertiary/aromatic N) is 2. The number of nitrogens with one attached hydrogen (secondary N) is 1. The zero-order valence-corrected chi connectivity index (χ0v) is 15.9. The summed E-state index contributed by atoms with van der Waals surface area (Å²) in [5, 5.41) is 3.72. The average Bonchev–Trinajstić information content (AvgIpc) is 3.05. The van der Waals surface area contributed by atoms with Crippen molar-refractivity contribution in [2.24, 2.45) is 0 Å². The van der Waals surface area contributed by atoms with Crippen LogP contribution in [0.5, 0.6) is 0 Å². The lowest BCUT2D eigenvalue weighted by Gasteiger charge is -2.10. The second-order valence-corrected chi connectivity index (χ2v) is 6.96. The molecule has 2 aromatic heterocycles. The van der Waals surface area contributed by atoms with Crippen molar-refractivity contribution in [3.05, 3.63) is 95.9 Å². The van der Waals surface area contributed by atoms with Crippen molar-refractivity contribution >= 4 is 22.5 Å². The number of fused-ring (bicyclic) bond motifs is 1. The molecule has 152 valence electrons. The molecule has 2 aromatic carbocycles. The number of benzene rings is 2. The topological polar surface area (TPSA) is 46.9 Å². The van der Waals surface area contributed by atoms with Crippen LogP contribution in [-0.4, -0.2) is 15.5 Å². The van der Waals surface area contributed by atoms with E-state index in [0.717, 1.165) is 28.6 Å². The van der Waals surface area contributed by atoms with Gasteiger partial charge < -0.3 is 9.88 Å². The summed E-state index contributed by atoms with van der Waals surface area (Å²) in [6.07, 6.45) is 0.785. The zero-order chi connectivity index (χ0) is 21.1. The van der Waals surface area contributed by atoms with Gasteiger partial charge in [-0.05, 0) is 41.5 Å². The molecule has 4 rings (SSSR count). The fourth-order valence-corrected chi connectivity index (χ4v) is 3.45. The summed E-state index contributed by atoms with van der Waals surface area (Å²) in [7, 11) is 0. The second-order valence-electron chi connectivity index (χ2n) is 6.96. The fourth-order valence-electron chi connectivity index (χ4n) is 3.45. The number of carbonyl (C=O) groups is 1. The molecule has 4 nitrogen and oxygen atoms in total. The minimum absolute atomic E-state index is 0.151. The van der Waals surface area contributed by atoms with E-state index in [1.807, 2.05) is 35.0 Å². The molecule has 0 bridgehead atoms. The van der Waals surface area contributed by atoms with Crippen LogP contribution in [0.1, 0.15) is 16.7 Å². The normalized spacial score (nSPS) is 11.6. The van der Waals surface area contributed by atoms with Crippen LogP contribution in [0, 0.1) is 0 Å². The lowest BCUT2D eigenvalue weighted by Crippen LogP contribution is -2.14. The molecular formula is C23H18F3N3O. The number of para-hydroxylation sites is 1. The number of halogens is 3. The maximum absolute atomic E-state index is 13.0. The third-order valence-electron chi connectivity index (χ3n) is 4.79. The van der Waals surface area contributed by atoms with Crippen molar-refractivity contribution in [2.45, 2.75) is 19.1 Å². The van der Waals surface area contributed by atoms with Gasteiger partial charge in [0.15, 0.2) is 0 Å². The van der Waals surface area contributed by atoms with E-state index < -0.39 is 11.7 Å². The molecule has 0 aliphatic rings. The van der Waals surface area contributed by atoms with E-state index in [0.29, 0.717) is 11.3 Å². The first-order chi connectivity index (χ1) is 14.4. The fraction of sp³-hybridized carbons (Fsp3) is 0.130. The number of hydrogen-bond acceptors (Lipinski definition) is 2. The smallest absolute Gasteiger partial charge is 0.343 e. The van der Waals surface area contributed by atoms with Gasteiger partial charge in [-0.3, -0.25) is 9.78 Å². The Morgan fingerprint density at radius 1 is 1.00 bits per heavy atom. The number of anilines is 1. The van der Waals surface area contributed by atoms with E-state index in [4.69, 9.17) is 0 Å². The molecule has 1 N–H and O–H groups in total. The van der Waals surface area contributed by atoms with Crippen molar-refractivity contribution in [2.75, 3.05) is 5.32 Å². The average molecular weight is 409 g/mol.